The van der Waals surface area contributed by atoms with E-state index in [1.54, 1.807) is 18.2 Å². The molecule has 3 rings (SSSR count). The van der Waals surface area contributed by atoms with Crippen LogP contribution in [-0.2, 0) is 6.54 Å². The van der Waals surface area contributed by atoms with Gasteiger partial charge < -0.3 is 15.4 Å². The van der Waals surface area contributed by atoms with Crippen LogP contribution in [0.15, 0.2) is 48.7 Å². The van der Waals surface area contributed by atoms with E-state index < -0.39 is 5.97 Å². The van der Waals surface area contributed by atoms with Crippen LogP contribution in [0.2, 0.25) is 5.02 Å². The minimum absolute atomic E-state index is 0.0970. The predicted octanol–water partition coefficient (Wildman–Crippen LogP) is 4.13. The average molecular weight is 301 g/mol. The molecule has 1 heterocycles. The molecule has 0 aliphatic carbocycles. The molecule has 106 valence electrons. The first-order chi connectivity index (χ1) is 10.1. The Morgan fingerprint density at radius 3 is 2.90 bits per heavy atom. The van der Waals surface area contributed by atoms with Gasteiger partial charge in [0.15, 0.2) is 0 Å². The van der Waals surface area contributed by atoms with E-state index in [1.807, 2.05) is 30.5 Å². The van der Waals surface area contributed by atoms with Gasteiger partial charge in [-0.05, 0) is 35.2 Å². The van der Waals surface area contributed by atoms with Crippen LogP contribution in [0.1, 0.15) is 15.9 Å². The molecule has 0 amide bonds. The van der Waals surface area contributed by atoms with Gasteiger partial charge in [-0.15, -0.1) is 0 Å². The molecule has 21 heavy (non-hydrogen) atoms. The number of hydrogen-bond donors (Lipinski definition) is 3. The number of rotatable bonds is 4. The monoisotopic (exact) mass is 300 g/mol. The lowest BCUT2D eigenvalue weighted by Crippen LogP contribution is -2.03. The maximum absolute atomic E-state index is 11.1. The Hall–Kier alpha value is -2.46. The predicted molar refractivity (Wildman–Crippen MR) is 84.0 cm³/mol. The van der Waals surface area contributed by atoms with Crippen LogP contribution in [-0.4, -0.2) is 16.1 Å². The molecule has 1 aromatic heterocycles. The molecule has 0 saturated carbocycles. The molecule has 0 aliphatic heterocycles. The van der Waals surface area contributed by atoms with Gasteiger partial charge in [0.05, 0.1) is 16.1 Å². The third-order valence-electron chi connectivity index (χ3n) is 3.35. The van der Waals surface area contributed by atoms with Crippen molar-refractivity contribution in [2.24, 2.45) is 0 Å². The topological polar surface area (TPSA) is 65.1 Å². The van der Waals surface area contributed by atoms with Gasteiger partial charge in [0, 0.05) is 18.4 Å². The Bertz CT molecular complexity index is 811. The first kappa shape index (κ1) is 13.5. The molecule has 0 atom stereocenters. The second-order valence-electron chi connectivity index (χ2n) is 4.71. The fourth-order valence-corrected chi connectivity index (χ4v) is 2.49. The molecule has 0 radical (unpaired) electrons. The summed E-state index contributed by atoms with van der Waals surface area (Å²) in [6.45, 7) is 0.596. The van der Waals surface area contributed by atoms with Crippen LogP contribution in [0.4, 0.5) is 5.69 Å². The van der Waals surface area contributed by atoms with Crippen molar-refractivity contribution in [3.05, 3.63) is 64.8 Å². The second-order valence-corrected chi connectivity index (χ2v) is 5.12. The van der Waals surface area contributed by atoms with Crippen molar-refractivity contribution in [3.8, 4) is 0 Å². The summed E-state index contributed by atoms with van der Waals surface area (Å²) in [5.41, 5.74) is 3.02. The number of aromatic nitrogens is 1. The number of nitrogens with one attached hydrogen (secondary N) is 2. The fourth-order valence-electron chi connectivity index (χ4n) is 2.29. The van der Waals surface area contributed by atoms with Crippen molar-refractivity contribution in [3.63, 3.8) is 0 Å². The van der Waals surface area contributed by atoms with Gasteiger partial charge in [-0.1, -0.05) is 29.8 Å². The highest BCUT2D eigenvalue weighted by Crippen LogP contribution is 2.22. The summed E-state index contributed by atoms with van der Waals surface area (Å²) in [5.74, 6) is -1.03. The number of benzene rings is 2. The highest BCUT2D eigenvalue weighted by molar-refractivity contribution is 6.33. The number of H-pyrrole nitrogens is 1. The molecule has 3 aromatic rings. The number of aromatic carboxylic acids is 1. The van der Waals surface area contributed by atoms with Crippen LogP contribution in [0, 0.1) is 0 Å². The maximum Gasteiger partial charge on any atom is 0.337 e. The smallest absolute Gasteiger partial charge is 0.337 e. The zero-order valence-electron chi connectivity index (χ0n) is 11.1. The zero-order chi connectivity index (χ0) is 14.8. The van der Waals surface area contributed by atoms with Crippen molar-refractivity contribution >= 4 is 34.2 Å². The lowest BCUT2D eigenvalue weighted by Gasteiger charge is -2.09. The number of carboxylic acid groups (broad SMARTS) is 1. The van der Waals surface area contributed by atoms with E-state index in [1.165, 1.54) is 0 Å². The first-order valence-corrected chi connectivity index (χ1v) is 6.84. The number of hydrogen-bond acceptors (Lipinski definition) is 2. The number of aromatic amines is 1. The first-order valence-electron chi connectivity index (χ1n) is 6.47. The standard InChI is InChI=1S/C16H13ClN2O2/c17-14-5-4-12(8-13(14)16(20)21)19-9-11-3-1-2-10-6-7-18-15(10)11/h1-8,18-19H,9H2,(H,20,21). The van der Waals surface area contributed by atoms with E-state index in [0.717, 1.165) is 22.2 Å². The number of para-hydroxylation sites is 1. The van der Waals surface area contributed by atoms with E-state index in [-0.39, 0.29) is 10.6 Å². The van der Waals surface area contributed by atoms with Gasteiger partial charge in [0.2, 0.25) is 0 Å². The lowest BCUT2D eigenvalue weighted by molar-refractivity contribution is 0.0697. The van der Waals surface area contributed by atoms with Crippen molar-refractivity contribution in [2.45, 2.75) is 6.54 Å². The van der Waals surface area contributed by atoms with E-state index >= 15 is 0 Å². The molecule has 0 fully saturated rings. The molecular weight excluding hydrogens is 288 g/mol. The van der Waals surface area contributed by atoms with Crippen molar-refractivity contribution in [1.29, 1.82) is 0 Å². The quantitative estimate of drug-likeness (QED) is 0.678. The molecule has 5 heteroatoms. The minimum atomic E-state index is -1.03. The van der Waals surface area contributed by atoms with E-state index in [2.05, 4.69) is 10.3 Å². The van der Waals surface area contributed by atoms with Gasteiger partial charge in [0.25, 0.3) is 0 Å². The summed E-state index contributed by atoms with van der Waals surface area (Å²) >= 11 is 5.86. The third-order valence-corrected chi connectivity index (χ3v) is 3.68. The number of carbonyl (C=O) groups is 1. The molecule has 0 aliphatic rings. The largest absolute Gasteiger partial charge is 0.478 e. The fraction of sp³-hybridized carbons (Fsp3) is 0.0625. The van der Waals surface area contributed by atoms with Gasteiger partial charge in [-0.25, -0.2) is 4.79 Å². The second kappa shape index (κ2) is 5.50. The van der Waals surface area contributed by atoms with Gasteiger partial charge in [-0.3, -0.25) is 0 Å². The number of fused-ring (bicyclic) bond motifs is 1. The normalized spacial score (nSPS) is 10.7. The van der Waals surface area contributed by atoms with Gasteiger partial charge >= 0.3 is 5.97 Å². The Morgan fingerprint density at radius 2 is 2.10 bits per heavy atom. The van der Waals surface area contributed by atoms with Crippen LogP contribution in [0.5, 0.6) is 0 Å². The zero-order valence-corrected chi connectivity index (χ0v) is 11.8. The molecule has 0 bridgehead atoms. The molecule has 0 spiro atoms. The highest BCUT2D eigenvalue weighted by Gasteiger charge is 2.09. The Morgan fingerprint density at radius 1 is 1.24 bits per heavy atom. The molecular formula is C16H13ClN2O2. The van der Waals surface area contributed by atoms with Crippen molar-refractivity contribution in [2.75, 3.05) is 5.32 Å². The lowest BCUT2D eigenvalue weighted by atomic mass is 10.1. The molecule has 3 N–H and O–H groups in total. The number of anilines is 1. The Balaban J connectivity index is 1.83. The summed E-state index contributed by atoms with van der Waals surface area (Å²) < 4.78 is 0. The summed E-state index contributed by atoms with van der Waals surface area (Å²) in [4.78, 5) is 14.3. The molecule has 0 saturated heterocycles. The highest BCUT2D eigenvalue weighted by atomic mass is 35.5. The third kappa shape index (κ3) is 2.71. The van der Waals surface area contributed by atoms with Gasteiger partial charge in [-0.2, -0.15) is 0 Å². The Kier molecular flexibility index (Phi) is 3.54. The summed E-state index contributed by atoms with van der Waals surface area (Å²) in [6, 6.07) is 13.0. The summed E-state index contributed by atoms with van der Waals surface area (Å²) in [6.07, 6.45) is 1.90. The van der Waals surface area contributed by atoms with Crippen LogP contribution < -0.4 is 5.32 Å². The Labute approximate surface area is 126 Å². The summed E-state index contributed by atoms with van der Waals surface area (Å²) in [5, 5.41) is 13.7. The number of halogens is 1. The van der Waals surface area contributed by atoms with E-state index in [4.69, 9.17) is 16.7 Å². The van der Waals surface area contributed by atoms with Crippen LogP contribution in [0.3, 0.4) is 0 Å². The maximum atomic E-state index is 11.1. The van der Waals surface area contributed by atoms with Crippen molar-refractivity contribution < 1.29 is 9.90 Å². The summed E-state index contributed by atoms with van der Waals surface area (Å²) in [7, 11) is 0. The minimum Gasteiger partial charge on any atom is -0.478 e. The van der Waals surface area contributed by atoms with E-state index in [0.29, 0.717) is 6.54 Å². The molecule has 0 unspecified atom stereocenters. The number of carboxylic acids is 1. The molecule has 4 nitrogen and oxygen atoms in total. The van der Waals surface area contributed by atoms with Crippen LogP contribution >= 0.6 is 11.6 Å². The van der Waals surface area contributed by atoms with Gasteiger partial charge in [0.1, 0.15) is 0 Å². The SMILES string of the molecule is O=C(O)c1cc(NCc2cccc3cc[nH]c23)ccc1Cl. The van der Waals surface area contributed by atoms with Crippen LogP contribution in [0.25, 0.3) is 10.9 Å². The van der Waals surface area contributed by atoms with E-state index in [9.17, 15) is 4.79 Å². The van der Waals surface area contributed by atoms with Crippen molar-refractivity contribution in [1.82, 2.24) is 4.98 Å². The molecule has 2 aromatic carbocycles. The average Bonchev–Trinajstić information content (AvgIpc) is 2.95.